The van der Waals surface area contributed by atoms with Crippen LogP contribution in [0.25, 0.3) is 22.5 Å². The minimum Gasteiger partial charge on any atom is -0.420 e. The molecule has 0 bridgehead atoms. The molecule has 2 heterocycles. The number of para-hydroxylation sites is 1. The predicted octanol–water partition coefficient (Wildman–Crippen LogP) is 4.95. The molecule has 0 fully saturated rings. The molecule has 2 aromatic heterocycles. The maximum atomic E-state index is 12.6. The molecule has 1 amide bonds. The highest BCUT2D eigenvalue weighted by molar-refractivity contribution is 6.42. The summed E-state index contributed by atoms with van der Waals surface area (Å²) < 4.78 is 7.40. The first kappa shape index (κ1) is 17.6. The van der Waals surface area contributed by atoms with Crippen molar-refractivity contribution in [3.63, 3.8) is 0 Å². The van der Waals surface area contributed by atoms with Crippen molar-refractivity contribution in [1.82, 2.24) is 14.8 Å². The van der Waals surface area contributed by atoms with E-state index in [9.17, 15) is 4.79 Å². The Morgan fingerprint density at radius 1 is 1.11 bits per heavy atom. The number of aryl methyl sites for hydroxylation is 1. The van der Waals surface area contributed by atoms with Crippen LogP contribution in [-0.4, -0.2) is 20.7 Å². The maximum Gasteiger partial charge on any atom is 0.264 e. The van der Waals surface area contributed by atoms with Crippen molar-refractivity contribution in [2.45, 2.75) is 13.5 Å². The summed E-state index contributed by atoms with van der Waals surface area (Å²) >= 11 is 11.9. The van der Waals surface area contributed by atoms with Crippen LogP contribution in [0.5, 0.6) is 0 Å². The van der Waals surface area contributed by atoms with E-state index in [-0.39, 0.29) is 12.5 Å². The van der Waals surface area contributed by atoms with E-state index >= 15 is 0 Å². The van der Waals surface area contributed by atoms with Crippen LogP contribution in [0.15, 0.2) is 52.9 Å². The molecule has 0 saturated carbocycles. The lowest BCUT2D eigenvalue weighted by Gasteiger charge is -2.10. The van der Waals surface area contributed by atoms with Gasteiger partial charge in [0.25, 0.3) is 5.89 Å². The molecule has 27 heavy (non-hydrogen) atoms. The van der Waals surface area contributed by atoms with Gasteiger partial charge in [0.15, 0.2) is 0 Å². The van der Waals surface area contributed by atoms with Gasteiger partial charge in [0.05, 0.1) is 10.0 Å². The molecular weight excluding hydrogens is 387 g/mol. The summed E-state index contributed by atoms with van der Waals surface area (Å²) in [6.07, 6.45) is 0. The van der Waals surface area contributed by atoms with E-state index in [1.54, 1.807) is 25.1 Å². The van der Waals surface area contributed by atoms with E-state index in [2.05, 4.69) is 15.5 Å². The molecule has 2 aromatic carbocycles. The standard InChI is InChI=1S/C19H14Cl2N4O2/c1-11-23-24-19(27-11)17-8-12-4-2-3-5-16(12)25(17)10-18(26)22-13-6-7-14(20)15(21)9-13/h2-9H,10H2,1H3,(H,22,26). The van der Waals surface area contributed by atoms with E-state index in [0.29, 0.717) is 33.2 Å². The van der Waals surface area contributed by atoms with E-state index in [4.69, 9.17) is 27.6 Å². The molecule has 4 rings (SSSR count). The Hall–Kier alpha value is -2.83. The maximum absolute atomic E-state index is 12.6. The Balaban J connectivity index is 1.68. The number of aromatic nitrogens is 3. The van der Waals surface area contributed by atoms with E-state index in [0.717, 1.165) is 10.9 Å². The molecular formula is C19H14Cl2N4O2. The first-order valence-corrected chi connectivity index (χ1v) is 8.90. The Bertz CT molecular complexity index is 1150. The van der Waals surface area contributed by atoms with Crippen LogP contribution in [-0.2, 0) is 11.3 Å². The Morgan fingerprint density at radius 2 is 1.93 bits per heavy atom. The zero-order chi connectivity index (χ0) is 19.0. The lowest BCUT2D eigenvalue weighted by molar-refractivity contribution is -0.116. The first-order valence-electron chi connectivity index (χ1n) is 8.15. The van der Waals surface area contributed by atoms with Gasteiger partial charge in [-0.1, -0.05) is 41.4 Å². The van der Waals surface area contributed by atoms with Crippen molar-refractivity contribution in [2.75, 3.05) is 5.32 Å². The summed E-state index contributed by atoms with van der Waals surface area (Å²) in [5.74, 6) is 0.611. The van der Waals surface area contributed by atoms with Gasteiger partial charge in [-0.2, -0.15) is 0 Å². The minimum absolute atomic E-state index is 0.0739. The van der Waals surface area contributed by atoms with Gasteiger partial charge in [-0.15, -0.1) is 10.2 Å². The van der Waals surface area contributed by atoms with Crippen LogP contribution in [0.3, 0.4) is 0 Å². The molecule has 1 N–H and O–H groups in total. The molecule has 0 saturated heterocycles. The van der Waals surface area contributed by atoms with Crippen LogP contribution in [0.2, 0.25) is 10.0 Å². The summed E-state index contributed by atoms with van der Waals surface area (Å²) in [6, 6.07) is 14.6. The fourth-order valence-electron chi connectivity index (χ4n) is 2.88. The summed E-state index contributed by atoms with van der Waals surface area (Å²) in [5, 5.41) is 12.6. The van der Waals surface area contributed by atoms with Crippen LogP contribution in [0.4, 0.5) is 5.69 Å². The van der Waals surface area contributed by atoms with Gasteiger partial charge in [0, 0.05) is 23.5 Å². The number of benzene rings is 2. The number of nitrogens with zero attached hydrogens (tertiary/aromatic N) is 3. The third-order valence-corrected chi connectivity index (χ3v) is 4.80. The average molecular weight is 401 g/mol. The van der Waals surface area contributed by atoms with E-state index < -0.39 is 0 Å². The highest BCUT2D eigenvalue weighted by Crippen LogP contribution is 2.28. The summed E-state index contributed by atoms with van der Waals surface area (Å²) in [7, 11) is 0. The number of nitrogens with one attached hydrogen (secondary N) is 1. The van der Waals surface area contributed by atoms with Gasteiger partial charge < -0.3 is 14.3 Å². The van der Waals surface area contributed by atoms with Crippen molar-refractivity contribution in [3.8, 4) is 11.6 Å². The zero-order valence-electron chi connectivity index (χ0n) is 14.2. The van der Waals surface area contributed by atoms with Gasteiger partial charge >= 0.3 is 0 Å². The van der Waals surface area contributed by atoms with Gasteiger partial charge in [0.1, 0.15) is 12.2 Å². The third-order valence-electron chi connectivity index (χ3n) is 4.06. The van der Waals surface area contributed by atoms with E-state index in [1.807, 2.05) is 34.9 Å². The Kier molecular flexibility index (Phi) is 4.59. The van der Waals surface area contributed by atoms with Gasteiger partial charge in [-0.05, 0) is 30.3 Å². The topological polar surface area (TPSA) is 73.0 Å². The van der Waals surface area contributed by atoms with Crippen molar-refractivity contribution in [2.24, 2.45) is 0 Å². The van der Waals surface area contributed by atoms with Crippen LogP contribution >= 0.6 is 23.2 Å². The second-order valence-electron chi connectivity index (χ2n) is 5.98. The van der Waals surface area contributed by atoms with Crippen LogP contribution in [0.1, 0.15) is 5.89 Å². The highest BCUT2D eigenvalue weighted by Gasteiger charge is 2.17. The van der Waals surface area contributed by atoms with Crippen LogP contribution in [0, 0.1) is 6.92 Å². The number of amides is 1. The smallest absolute Gasteiger partial charge is 0.264 e. The lowest BCUT2D eigenvalue weighted by Crippen LogP contribution is -2.19. The molecule has 8 heteroatoms. The number of hydrogen-bond donors (Lipinski definition) is 1. The first-order chi connectivity index (χ1) is 13.0. The van der Waals surface area contributed by atoms with Crippen molar-refractivity contribution < 1.29 is 9.21 Å². The second kappa shape index (κ2) is 7.06. The molecule has 136 valence electrons. The monoisotopic (exact) mass is 400 g/mol. The van der Waals surface area contributed by atoms with Crippen molar-refractivity contribution in [3.05, 3.63) is 64.5 Å². The quantitative estimate of drug-likeness (QED) is 0.526. The van der Waals surface area contributed by atoms with E-state index in [1.165, 1.54) is 0 Å². The third kappa shape index (κ3) is 3.54. The van der Waals surface area contributed by atoms with Crippen molar-refractivity contribution in [1.29, 1.82) is 0 Å². The Labute approximate surface area is 164 Å². The molecule has 0 atom stereocenters. The number of anilines is 1. The predicted molar refractivity (Wildman–Crippen MR) is 105 cm³/mol. The number of halogens is 2. The Morgan fingerprint density at radius 3 is 2.67 bits per heavy atom. The van der Waals surface area contributed by atoms with Gasteiger partial charge in [-0.3, -0.25) is 4.79 Å². The molecule has 0 aliphatic carbocycles. The number of carbonyl (C=O) groups is 1. The molecule has 0 spiro atoms. The highest BCUT2D eigenvalue weighted by atomic mass is 35.5. The SMILES string of the molecule is Cc1nnc(-c2cc3ccccc3n2CC(=O)Nc2ccc(Cl)c(Cl)c2)o1. The number of hydrogen-bond acceptors (Lipinski definition) is 4. The zero-order valence-corrected chi connectivity index (χ0v) is 15.8. The summed E-state index contributed by atoms with van der Waals surface area (Å²) in [6.45, 7) is 1.80. The van der Waals surface area contributed by atoms with Crippen molar-refractivity contribution >= 4 is 45.7 Å². The number of rotatable bonds is 4. The molecule has 6 nitrogen and oxygen atoms in total. The largest absolute Gasteiger partial charge is 0.420 e. The molecule has 0 aliphatic rings. The lowest BCUT2D eigenvalue weighted by atomic mass is 10.2. The fourth-order valence-corrected chi connectivity index (χ4v) is 3.17. The minimum atomic E-state index is -0.216. The average Bonchev–Trinajstić information content (AvgIpc) is 3.22. The second-order valence-corrected chi connectivity index (χ2v) is 6.79. The van der Waals surface area contributed by atoms with Gasteiger partial charge in [0.2, 0.25) is 11.8 Å². The summed E-state index contributed by atoms with van der Waals surface area (Å²) in [5.41, 5.74) is 2.15. The fraction of sp³-hybridized carbons (Fsp3) is 0.105. The number of fused-ring (bicyclic) bond motifs is 1. The molecule has 4 aromatic rings. The van der Waals surface area contributed by atoms with Gasteiger partial charge in [-0.25, -0.2) is 0 Å². The molecule has 0 unspecified atom stereocenters. The normalized spacial score (nSPS) is 11.1. The summed E-state index contributed by atoms with van der Waals surface area (Å²) in [4.78, 5) is 12.6. The molecule has 0 radical (unpaired) electrons. The molecule has 0 aliphatic heterocycles. The van der Waals surface area contributed by atoms with Crippen LogP contribution < -0.4 is 5.32 Å². The number of carbonyl (C=O) groups excluding carboxylic acids is 1.